The molecule has 1 fully saturated rings. The molecular weight excluding hydrogens is 560 g/mol. The molecule has 232 valence electrons. The highest BCUT2D eigenvalue weighted by Gasteiger charge is 2.52. The molecule has 1 saturated heterocycles. The van der Waals surface area contributed by atoms with Crippen molar-refractivity contribution >= 4 is 35.9 Å². The van der Waals surface area contributed by atoms with E-state index in [1.165, 1.54) is 13.8 Å². The number of hydrogen-bond donors (Lipinski definition) is 2. The fourth-order valence-electron chi connectivity index (χ4n) is 4.08. The smallest absolute Gasteiger partial charge is 0.408 e. The molecule has 0 saturated carbocycles. The van der Waals surface area contributed by atoms with E-state index in [9.17, 15) is 28.8 Å². The van der Waals surface area contributed by atoms with Crippen LogP contribution in [0.25, 0.3) is 0 Å². The van der Waals surface area contributed by atoms with Gasteiger partial charge >= 0.3 is 30.0 Å². The van der Waals surface area contributed by atoms with Gasteiger partial charge < -0.3 is 43.8 Å². The molecule has 2 N–H and O–H groups in total. The zero-order chi connectivity index (χ0) is 31.4. The summed E-state index contributed by atoms with van der Waals surface area (Å²) in [4.78, 5) is 72.8. The molecule has 0 aromatic heterocycles. The van der Waals surface area contributed by atoms with Crippen molar-refractivity contribution in [1.29, 1.82) is 0 Å². The highest BCUT2D eigenvalue weighted by Crippen LogP contribution is 2.29. The van der Waals surface area contributed by atoms with Gasteiger partial charge in [-0.2, -0.15) is 0 Å². The normalized spacial score (nSPS) is 22.9. The molecule has 0 bridgehead atoms. The first-order valence-corrected chi connectivity index (χ1v) is 12.9. The molecular formula is C27H36N2O13. The van der Waals surface area contributed by atoms with Crippen molar-refractivity contribution in [2.75, 3.05) is 13.7 Å². The number of hydrogen-bond acceptors (Lipinski definition) is 13. The van der Waals surface area contributed by atoms with E-state index in [0.717, 1.165) is 27.9 Å². The van der Waals surface area contributed by atoms with Gasteiger partial charge in [-0.15, -0.1) is 0 Å². The predicted molar refractivity (Wildman–Crippen MR) is 140 cm³/mol. The van der Waals surface area contributed by atoms with Crippen molar-refractivity contribution < 1.29 is 61.9 Å². The number of esters is 4. The molecule has 2 amide bonds. The second-order valence-corrected chi connectivity index (χ2v) is 9.27. The first kappa shape index (κ1) is 34.0. The number of carbonyl (C=O) groups excluding carboxylic acids is 6. The fraction of sp³-hybridized carbons (Fsp3) is 0.556. The van der Waals surface area contributed by atoms with E-state index < -0.39 is 85.3 Å². The summed E-state index contributed by atoms with van der Waals surface area (Å²) in [5.74, 6) is -3.72. The van der Waals surface area contributed by atoms with Gasteiger partial charge in [-0.25, -0.2) is 9.59 Å². The average Bonchev–Trinajstić information content (AvgIpc) is 2.92. The molecule has 15 nitrogen and oxygen atoms in total. The Kier molecular flexibility index (Phi) is 13.2. The third kappa shape index (κ3) is 10.6. The zero-order valence-corrected chi connectivity index (χ0v) is 24.1. The van der Waals surface area contributed by atoms with Gasteiger partial charge in [-0.05, 0) is 12.5 Å². The Morgan fingerprint density at radius 2 is 1.50 bits per heavy atom. The number of ether oxygens (including phenoxy) is 7. The van der Waals surface area contributed by atoms with Gasteiger partial charge in [0, 0.05) is 27.7 Å². The summed E-state index contributed by atoms with van der Waals surface area (Å²) in [6.07, 6.45) is -7.56. The monoisotopic (exact) mass is 596 g/mol. The number of methoxy groups -OCH3 is 1. The highest BCUT2D eigenvalue weighted by atomic mass is 16.7. The Balaban J connectivity index is 2.34. The van der Waals surface area contributed by atoms with E-state index in [4.69, 9.17) is 33.2 Å². The van der Waals surface area contributed by atoms with E-state index in [-0.39, 0.29) is 6.61 Å². The summed E-state index contributed by atoms with van der Waals surface area (Å²) < 4.78 is 37.7. The summed E-state index contributed by atoms with van der Waals surface area (Å²) >= 11 is 0. The first-order chi connectivity index (χ1) is 19.8. The minimum Gasteiger partial charge on any atom is -0.467 e. The van der Waals surface area contributed by atoms with E-state index in [1.807, 2.05) is 0 Å². The largest absolute Gasteiger partial charge is 0.467 e. The van der Waals surface area contributed by atoms with Crippen LogP contribution in [0.3, 0.4) is 0 Å². The number of alkyl carbamates (subject to hydrolysis) is 1. The minimum atomic E-state index is -1.48. The van der Waals surface area contributed by atoms with E-state index in [0.29, 0.717) is 5.56 Å². The van der Waals surface area contributed by atoms with Crippen LogP contribution in [0.5, 0.6) is 0 Å². The fourth-order valence-corrected chi connectivity index (χ4v) is 4.08. The molecule has 0 spiro atoms. The molecule has 0 aliphatic carbocycles. The maximum atomic E-state index is 12.6. The van der Waals surface area contributed by atoms with Gasteiger partial charge in [0.2, 0.25) is 5.91 Å². The summed E-state index contributed by atoms with van der Waals surface area (Å²) in [5, 5.41) is 4.93. The van der Waals surface area contributed by atoms with E-state index in [1.54, 1.807) is 30.3 Å². The molecule has 7 atom stereocenters. The van der Waals surface area contributed by atoms with Gasteiger partial charge in [-0.3, -0.25) is 19.2 Å². The van der Waals surface area contributed by atoms with Crippen molar-refractivity contribution in [3.05, 3.63) is 35.9 Å². The van der Waals surface area contributed by atoms with Crippen LogP contribution in [-0.4, -0.2) is 92.4 Å². The lowest BCUT2D eigenvalue weighted by Gasteiger charge is -2.45. The molecule has 15 heteroatoms. The predicted octanol–water partition coefficient (Wildman–Crippen LogP) is 0.516. The highest BCUT2D eigenvalue weighted by molar-refractivity contribution is 5.82. The number of amides is 2. The number of nitrogens with one attached hydrogen (secondary N) is 2. The van der Waals surface area contributed by atoms with Gasteiger partial charge in [0.1, 0.15) is 25.4 Å². The lowest BCUT2D eigenvalue weighted by molar-refractivity contribution is -0.287. The molecule has 1 aliphatic rings. The topological polar surface area (TPSA) is 191 Å². The second-order valence-electron chi connectivity index (χ2n) is 9.27. The SMILES string of the molecule is COC(=O)[C@@H](NC(=O)OCc1ccccc1)[C@@H](C)O[C@H]1O[C@H](COC(C)=O)[C@@H](OC(C)=O)[C@H](OC(C)=O)[C@H]1NC(C)=O. The van der Waals surface area contributed by atoms with Gasteiger partial charge in [0.05, 0.1) is 13.2 Å². The third-order valence-corrected chi connectivity index (χ3v) is 5.83. The molecule has 0 unspecified atom stereocenters. The molecule has 1 aliphatic heterocycles. The minimum absolute atomic E-state index is 0.0778. The molecule has 0 radical (unpaired) electrons. The Labute approximate surface area is 242 Å². The first-order valence-electron chi connectivity index (χ1n) is 12.9. The molecule has 1 heterocycles. The van der Waals surface area contributed by atoms with Crippen molar-refractivity contribution in [3.8, 4) is 0 Å². The number of carbonyl (C=O) groups is 6. The Hall–Kier alpha value is -4.24. The van der Waals surface area contributed by atoms with E-state index >= 15 is 0 Å². The molecule has 1 aromatic carbocycles. The van der Waals surface area contributed by atoms with Crippen LogP contribution in [0.4, 0.5) is 4.79 Å². The summed E-state index contributed by atoms with van der Waals surface area (Å²) in [5.41, 5.74) is 0.706. The summed E-state index contributed by atoms with van der Waals surface area (Å²) in [6.45, 7) is 5.42. The molecule has 1 aromatic rings. The summed E-state index contributed by atoms with van der Waals surface area (Å²) in [7, 11) is 1.10. The zero-order valence-electron chi connectivity index (χ0n) is 24.1. The van der Waals surface area contributed by atoms with Crippen LogP contribution < -0.4 is 10.6 Å². The van der Waals surface area contributed by atoms with Crippen LogP contribution in [0, 0.1) is 0 Å². The van der Waals surface area contributed by atoms with Crippen LogP contribution in [0.2, 0.25) is 0 Å². The molecule has 2 rings (SSSR count). The molecule has 42 heavy (non-hydrogen) atoms. The van der Waals surface area contributed by atoms with Crippen molar-refractivity contribution in [2.24, 2.45) is 0 Å². The van der Waals surface area contributed by atoms with Crippen LogP contribution >= 0.6 is 0 Å². The maximum absolute atomic E-state index is 12.6. The number of benzene rings is 1. The quantitative estimate of drug-likeness (QED) is 0.251. The van der Waals surface area contributed by atoms with E-state index in [2.05, 4.69) is 10.6 Å². The van der Waals surface area contributed by atoms with Gasteiger partial charge in [-0.1, -0.05) is 30.3 Å². The average molecular weight is 597 g/mol. The standard InChI is InChI=1S/C27H36N2O13/c1-14(21(25(34)36-6)29-27(35)38-12-19-10-8-7-9-11-19)39-26-22(28-15(2)30)24(41-18(5)33)23(40-17(4)32)20(42-26)13-37-16(3)31/h7-11,14,20-24,26H,12-13H2,1-6H3,(H,28,30)(H,29,35)/t14-,20-,21+,22-,23-,24-,26+/m1/s1. The second kappa shape index (κ2) is 16.3. The van der Waals surface area contributed by atoms with Crippen LogP contribution in [-0.2, 0) is 63.7 Å². The lowest BCUT2D eigenvalue weighted by Crippen LogP contribution is -2.67. The van der Waals surface area contributed by atoms with Crippen LogP contribution in [0.15, 0.2) is 30.3 Å². The van der Waals surface area contributed by atoms with Crippen molar-refractivity contribution in [2.45, 2.75) is 84.0 Å². The van der Waals surface area contributed by atoms with Gasteiger partial charge in [0.25, 0.3) is 0 Å². The van der Waals surface area contributed by atoms with Crippen molar-refractivity contribution in [3.63, 3.8) is 0 Å². The maximum Gasteiger partial charge on any atom is 0.408 e. The third-order valence-electron chi connectivity index (χ3n) is 5.83. The Bertz CT molecular complexity index is 1110. The number of rotatable bonds is 12. The lowest BCUT2D eigenvalue weighted by atomic mass is 9.95. The van der Waals surface area contributed by atoms with Crippen LogP contribution in [0.1, 0.15) is 40.2 Å². The Morgan fingerprint density at radius 3 is 2.05 bits per heavy atom. The van der Waals surface area contributed by atoms with Gasteiger partial charge in [0.15, 0.2) is 24.5 Å². The Morgan fingerprint density at radius 1 is 0.881 bits per heavy atom. The van der Waals surface area contributed by atoms with Crippen molar-refractivity contribution in [1.82, 2.24) is 10.6 Å². The summed E-state index contributed by atoms with van der Waals surface area (Å²) in [6, 6.07) is 6.11.